The molecule has 18 heavy (non-hydrogen) atoms. The zero-order valence-electron chi connectivity index (χ0n) is 12.8. The van der Waals surface area contributed by atoms with Gasteiger partial charge in [0.1, 0.15) is 0 Å². The van der Waals surface area contributed by atoms with Crippen LogP contribution in [0.3, 0.4) is 0 Å². The van der Waals surface area contributed by atoms with Crippen molar-refractivity contribution in [3.05, 3.63) is 34.4 Å². The maximum Gasteiger partial charge on any atom is -0.0248 e. The van der Waals surface area contributed by atoms with Crippen LogP contribution in [0.4, 0.5) is 0 Å². The highest BCUT2D eigenvalue weighted by molar-refractivity contribution is 5.36. The Morgan fingerprint density at radius 1 is 0.944 bits per heavy atom. The largest absolute Gasteiger partial charge is 0.0599 e. The molecule has 0 spiro atoms. The van der Waals surface area contributed by atoms with Crippen LogP contribution < -0.4 is 0 Å². The maximum atomic E-state index is 2.42. The van der Waals surface area contributed by atoms with Gasteiger partial charge in [0.2, 0.25) is 0 Å². The second kappa shape index (κ2) is 5.07. The first-order valence-corrected chi connectivity index (χ1v) is 7.44. The van der Waals surface area contributed by atoms with Crippen LogP contribution in [0.2, 0.25) is 0 Å². The fraction of sp³-hybridized carbons (Fsp3) is 0.667. The van der Waals surface area contributed by atoms with Crippen molar-refractivity contribution in [2.24, 2.45) is 11.3 Å². The molecular formula is C18H28. The molecule has 0 aromatic heterocycles. The van der Waals surface area contributed by atoms with Crippen molar-refractivity contribution in [3.63, 3.8) is 0 Å². The minimum Gasteiger partial charge on any atom is -0.0599 e. The van der Waals surface area contributed by atoms with Crippen LogP contribution in [0.25, 0.3) is 0 Å². The molecule has 0 bridgehead atoms. The molecule has 1 aliphatic rings. The SMILES string of the molecule is Cc1cc(C)c(CC2CCC(C)(C)CC2)cc1C. The molecule has 1 aromatic carbocycles. The number of aryl methyl sites for hydroxylation is 3. The van der Waals surface area contributed by atoms with E-state index in [1.54, 1.807) is 5.56 Å². The van der Waals surface area contributed by atoms with Crippen molar-refractivity contribution in [1.82, 2.24) is 0 Å². The van der Waals surface area contributed by atoms with E-state index in [1.165, 1.54) is 48.8 Å². The molecule has 0 unspecified atom stereocenters. The van der Waals surface area contributed by atoms with Gasteiger partial charge in [0, 0.05) is 0 Å². The molecule has 0 heteroatoms. The Kier molecular flexibility index (Phi) is 3.84. The van der Waals surface area contributed by atoms with E-state index < -0.39 is 0 Å². The van der Waals surface area contributed by atoms with Crippen molar-refractivity contribution in [3.8, 4) is 0 Å². The molecule has 1 fully saturated rings. The highest BCUT2D eigenvalue weighted by Gasteiger charge is 2.26. The molecule has 0 saturated heterocycles. The third-order valence-electron chi connectivity index (χ3n) is 4.92. The monoisotopic (exact) mass is 244 g/mol. The highest BCUT2D eigenvalue weighted by atomic mass is 14.3. The summed E-state index contributed by atoms with van der Waals surface area (Å²) >= 11 is 0. The van der Waals surface area contributed by atoms with Gasteiger partial charge in [-0.15, -0.1) is 0 Å². The molecule has 0 heterocycles. The fourth-order valence-corrected chi connectivity index (χ4v) is 3.21. The Labute approximate surface area is 113 Å². The Hall–Kier alpha value is -0.780. The van der Waals surface area contributed by atoms with E-state index >= 15 is 0 Å². The first-order chi connectivity index (χ1) is 8.37. The molecule has 100 valence electrons. The normalized spacial score (nSPS) is 20.1. The lowest BCUT2D eigenvalue weighted by Gasteiger charge is -2.34. The summed E-state index contributed by atoms with van der Waals surface area (Å²) < 4.78 is 0. The predicted molar refractivity (Wildman–Crippen MR) is 80.1 cm³/mol. The highest BCUT2D eigenvalue weighted by Crippen LogP contribution is 2.39. The van der Waals surface area contributed by atoms with Crippen molar-refractivity contribution >= 4 is 0 Å². The van der Waals surface area contributed by atoms with E-state index in [0.717, 1.165) is 5.92 Å². The minimum atomic E-state index is 0.592. The lowest BCUT2D eigenvalue weighted by molar-refractivity contribution is 0.191. The molecule has 0 atom stereocenters. The van der Waals surface area contributed by atoms with E-state index in [0.29, 0.717) is 5.41 Å². The zero-order chi connectivity index (χ0) is 13.3. The van der Waals surface area contributed by atoms with Gasteiger partial charge < -0.3 is 0 Å². The van der Waals surface area contributed by atoms with Gasteiger partial charge in [-0.1, -0.05) is 26.0 Å². The van der Waals surface area contributed by atoms with Gasteiger partial charge in [0.15, 0.2) is 0 Å². The summed E-state index contributed by atoms with van der Waals surface area (Å²) in [4.78, 5) is 0. The quantitative estimate of drug-likeness (QED) is 0.656. The number of benzene rings is 1. The second-order valence-electron chi connectivity index (χ2n) is 7.17. The first kappa shape index (κ1) is 13.6. The van der Waals surface area contributed by atoms with Crippen LogP contribution in [0.5, 0.6) is 0 Å². The summed E-state index contributed by atoms with van der Waals surface area (Å²) in [6, 6.07) is 4.78. The summed E-state index contributed by atoms with van der Waals surface area (Å²) in [6.45, 7) is 11.6. The molecule has 0 amide bonds. The molecule has 1 aromatic rings. The Morgan fingerprint density at radius 2 is 1.50 bits per heavy atom. The topological polar surface area (TPSA) is 0 Å². The standard InChI is InChI=1S/C18H28/c1-13-10-15(3)17(11-14(13)2)12-16-6-8-18(4,5)9-7-16/h10-11,16H,6-9,12H2,1-5H3. The smallest absolute Gasteiger partial charge is 0.0248 e. The first-order valence-electron chi connectivity index (χ1n) is 7.44. The van der Waals surface area contributed by atoms with Crippen LogP contribution in [0, 0.1) is 32.1 Å². The van der Waals surface area contributed by atoms with Crippen molar-refractivity contribution < 1.29 is 0 Å². The molecule has 0 nitrogen and oxygen atoms in total. The molecule has 0 aliphatic heterocycles. The van der Waals surface area contributed by atoms with Gasteiger partial charge in [-0.05, 0) is 86.5 Å². The van der Waals surface area contributed by atoms with Crippen molar-refractivity contribution in [2.45, 2.75) is 66.7 Å². The minimum absolute atomic E-state index is 0.592. The maximum absolute atomic E-state index is 2.42. The van der Waals surface area contributed by atoms with Gasteiger partial charge >= 0.3 is 0 Å². The van der Waals surface area contributed by atoms with Gasteiger partial charge in [0.05, 0.1) is 0 Å². The van der Waals surface area contributed by atoms with Crippen LogP contribution in [0.1, 0.15) is 61.8 Å². The number of rotatable bonds is 2. The summed E-state index contributed by atoms with van der Waals surface area (Å²) in [5, 5.41) is 0. The molecule has 1 saturated carbocycles. The van der Waals surface area contributed by atoms with Crippen molar-refractivity contribution in [1.29, 1.82) is 0 Å². The van der Waals surface area contributed by atoms with Gasteiger partial charge in [-0.3, -0.25) is 0 Å². The number of hydrogen-bond donors (Lipinski definition) is 0. The summed E-state index contributed by atoms with van der Waals surface area (Å²) in [7, 11) is 0. The molecule has 2 rings (SSSR count). The summed E-state index contributed by atoms with van der Waals surface area (Å²) in [5.41, 5.74) is 6.55. The van der Waals surface area contributed by atoms with E-state index in [2.05, 4.69) is 46.8 Å². The van der Waals surface area contributed by atoms with Crippen LogP contribution in [0.15, 0.2) is 12.1 Å². The van der Waals surface area contributed by atoms with Crippen LogP contribution in [-0.4, -0.2) is 0 Å². The zero-order valence-corrected chi connectivity index (χ0v) is 12.8. The lowest BCUT2D eigenvalue weighted by Crippen LogP contribution is -2.22. The predicted octanol–water partition coefficient (Wildman–Crippen LogP) is 5.37. The second-order valence-corrected chi connectivity index (χ2v) is 7.17. The van der Waals surface area contributed by atoms with Crippen molar-refractivity contribution in [2.75, 3.05) is 0 Å². The molecule has 0 radical (unpaired) electrons. The van der Waals surface area contributed by atoms with E-state index in [1.807, 2.05) is 0 Å². The van der Waals surface area contributed by atoms with Gasteiger partial charge in [0.25, 0.3) is 0 Å². The number of hydrogen-bond acceptors (Lipinski definition) is 0. The molecule has 0 N–H and O–H groups in total. The Morgan fingerprint density at radius 3 is 2.11 bits per heavy atom. The Balaban J connectivity index is 2.04. The lowest BCUT2D eigenvalue weighted by atomic mass is 9.71. The average Bonchev–Trinajstić information content (AvgIpc) is 2.28. The third kappa shape index (κ3) is 3.16. The van der Waals surface area contributed by atoms with E-state index in [-0.39, 0.29) is 0 Å². The fourth-order valence-electron chi connectivity index (χ4n) is 3.21. The van der Waals surface area contributed by atoms with Gasteiger partial charge in [-0.25, -0.2) is 0 Å². The average molecular weight is 244 g/mol. The molecular weight excluding hydrogens is 216 g/mol. The Bertz CT molecular complexity index is 416. The summed E-state index contributed by atoms with van der Waals surface area (Å²) in [5.74, 6) is 0.916. The van der Waals surface area contributed by atoms with E-state index in [4.69, 9.17) is 0 Å². The van der Waals surface area contributed by atoms with Gasteiger partial charge in [-0.2, -0.15) is 0 Å². The molecule has 1 aliphatic carbocycles. The van der Waals surface area contributed by atoms with Crippen LogP contribution >= 0.6 is 0 Å². The third-order valence-corrected chi connectivity index (χ3v) is 4.92. The van der Waals surface area contributed by atoms with E-state index in [9.17, 15) is 0 Å². The summed E-state index contributed by atoms with van der Waals surface area (Å²) in [6.07, 6.45) is 6.94. The van der Waals surface area contributed by atoms with Crippen LogP contribution in [-0.2, 0) is 6.42 Å².